The Hall–Kier alpha value is -2.08. The minimum atomic E-state index is -5.08. The number of halogens is 3. The number of hydrogen-bond donors (Lipinski definition) is 2. The van der Waals surface area contributed by atoms with Gasteiger partial charge in [0.2, 0.25) is 0 Å². The van der Waals surface area contributed by atoms with Crippen molar-refractivity contribution in [2.75, 3.05) is 0 Å². The van der Waals surface area contributed by atoms with E-state index in [4.69, 9.17) is 20.9 Å². The van der Waals surface area contributed by atoms with Gasteiger partial charge in [-0.05, 0) is 31.2 Å². The highest BCUT2D eigenvalue weighted by Crippen LogP contribution is 2.33. The number of alkyl halides is 3. The number of fused-ring (bicyclic) bond motifs is 1. The number of thiophene rings is 1. The summed E-state index contributed by atoms with van der Waals surface area (Å²) in [6.07, 6.45) is -0.919. The molecular formula is C12H11F3N2O3S. The lowest BCUT2D eigenvalue weighted by atomic mass is 9.95. The largest absolute Gasteiger partial charge is 0.490 e. The number of carboxylic acid groups (broad SMARTS) is 1. The van der Waals surface area contributed by atoms with Gasteiger partial charge in [-0.3, -0.25) is 4.79 Å². The van der Waals surface area contributed by atoms with E-state index >= 15 is 0 Å². The molecule has 0 atom stereocenters. The van der Waals surface area contributed by atoms with Crippen LogP contribution in [0.2, 0.25) is 0 Å². The lowest BCUT2D eigenvalue weighted by Gasteiger charge is -2.09. The Morgan fingerprint density at radius 3 is 2.24 bits per heavy atom. The molecule has 1 amide bonds. The fourth-order valence-electron chi connectivity index (χ4n) is 1.86. The maximum Gasteiger partial charge on any atom is 0.490 e. The Balaban J connectivity index is 0.000000270. The molecule has 114 valence electrons. The maximum absolute atomic E-state index is 11.1. The van der Waals surface area contributed by atoms with Crippen LogP contribution < -0.4 is 5.73 Å². The van der Waals surface area contributed by atoms with Crippen LogP contribution in [-0.4, -0.2) is 23.2 Å². The number of rotatable bonds is 1. The van der Waals surface area contributed by atoms with Gasteiger partial charge in [0.15, 0.2) is 0 Å². The Bertz CT molecular complexity index is 602. The van der Waals surface area contributed by atoms with Gasteiger partial charge in [-0.15, -0.1) is 11.3 Å². The van der Waals surface area contributed by atoms with Crippen LogP contribution in [0, 0.1) is 11.3 Å². The van der Waals surface area contributed by atoms with E-state index in [9.17, 15) is 18.0 Å². The molecule has 21 heavy (non-hydrogen) atoms. The number of carbonyl (C=O) groups is 2. The molecule has 5 nitrogen and oxygen atoms in total. The minimum Gasteiger partial charge on any atom is -0.475 e. The molecule has 0 aliphatic heterocycles. The van der Waals surface area contributed by atoms with Crippen molar-refractivity contribution in [1.29, 1.82) is 5.26 Å². The summed E-state index contributed by atoms with van der Waals surface area (Å²) < 4.78 is 31.7. The summed E-state index contributed by atoms with van der Waals surface area (Å²) in [5, 5.41) is 16.1. The highest BCUT2D eigenvalue weighted by Gasteiger charge is 2.38. The number of nitrogens with zero attached hydrogens (tertiary/aromatic N) is 1. The van der Waals surface area contributed by atoms with Gasteiger partial charge in [0.25, 0.3) is 5.91 Å². The van der Waals surface area contributed by atoms with E-state index in [1.807, 2.05) is 0 Å². The number of nitriles is 1. The molecule has 0 unspecified atom stereocenters. The SMILES string of the molecule is N#Cc1c(C(N)=O)sc2c1CCCC2.O=C(O)C(F)(F)F. The van der Waals surface area contributed by atoms with Gasteiger partial charge in [0.1, 0.15) is 10.9 Å². The first-order chi connectivity index (χ1) is 9.68. The topological polar surface area (TPSA) is 104 Å². The molecule has 9 heteroatoms. The smallest absolute Gasteiger partial charge is 0.475 e. The third-order valence-corrected chi connectivity index (χ3v) is 4.06. The first kappa shape index (κ1) is 17.0. The summed E-state index contributed by atoms with van der Waals surface area (Å²) in [5.41, 5.74) is 6.81. The first-order valence-corrected chi connectivity index (χ1v) is 6.64. The Kier molecular flexibility index (Phi) is 5.32. The quantitative estimate of drug-likeness (QED) is 0.828. The fraction of sp³-hybridized carbons (Fsp3) is 0.417. The van der Waals surface area contributed by atoms with E-state index in [2.05, 4.69) is 6.07 Å². The molecule has 0 radical (unpaired) electrons. The van der Waals surface area contributed by atoms with Gasteiger partial charge in [-0.2, -0.15) is 18.4 Å². The van der Waals surface area contributed by atoms with Crippen LogP contribution in [0.3, 0.4) is 0 Å². The number of primary amides is 1. The van der Waals surface area contributed by atoms with Crippen LogP contribution >= 0.6 is 11.3 Å². The molecule has 2 rings (SSSR count). The van der Waals surface area contributed by atoms with Crippen LogP contribution in [0.15, 0.2) is 0 Å². The van der Waals surface area contributed by atoms with E-state index in [1.165, 1.54) is 16.2 Å². The molecule has 0 saturated heterocycles. The van der Waals surface area contributed by atoms with Crippen molar-refractivity contribution < 1.29 is 27.9 Å². The third kappa shape index (κ3) is 4.19. The average molecular weight is 320 g/mol. The molecule has 0 saturated carbocycles. The van der Waals surface area contributed by atoms with Gasteiger partial charge in [0.05, 0.1) is 5.56 Å². The van der Waals surface area contributed by atoms with E-state index in [-0.39, 0.29) is 0 Å². The number of hydrogen-bond acceptors (Lipinski definition) is 4. The first-order valence-electron chi connectivity index (χ1n) is 5.83. The lowest BCUT2D eigenvalue weighted by Crippen LogP contribution is -2.21. The fourth-order valence-corrected chi connectivity index (χ4v) is 3.05. The molecule has 0 bridgehead atoms. The monoisotopic (exact) mass is 320 g/mol. The van der Waals surface area contributed by atoms with Crippen LogP contribution in [-0.2, 0) is 17.6 Å². The van der Waals surface area contributed by atoms with Gasteiger partial charge >= 0.3 is 12.1 Å². The number of carbonyl (C=O) groups excluding carboxylic acids is 1. The zero-order chi connectivity index (χ0) is 16.2. The van der Waals surface area contributed by atoms with Gasteiger partial charge < -0.3 is 10.8 Å². The number of aliphatic carboxylic acids is 1. The summed E-state index contributed by atoms with van der Waals surface area (Å²) >= 11 is 1.40. The molecule has 1 heterocycles. The summed E-state index contributed by atoms with van der Waals surface area (Å²) in [6.45, 7) is 0. The predicted octanol–water partition coefficient (Wildman–Crippen LogP) is 2.23. The zero-order valence-electron chi connectivity index (χ0n) is 10.7. The lowest BCUT2D eigenvalue weighted by molar-refractivity contribution is -0.192. The van der Waals surface area contributed by atoms with Crippen LogP contribution in [0.4, 0.5) is 13.2 Å². The van der Waals surface area contributed by atoms with Crippen LogP contribution in [0.1, 0.15) is 38.5 Å². The van der Waals surface area contributed by atoms with Gasteiger partial charge in [0, 0.05) is 4.88 Å². The third-order valence-electron chi connectivity index (χ3n) is 2.75. The van der Waals surface area contributed by atoms with Crippen molar-refractivity contribution >= 4 is 23.2 Å². The van der Waals surface area contributed by atoms with Gasteiger partial charge in [-0.1, -0.05) is 0 Å². The molecule has 0 aromatic carbocycles. The molecule has 1 aliphatic carbocycles. The van der Waals surface area contributed by atoms with E-state index < -0.39 is 18.1 Å². The molecular weight excluding hydrogens is 309 g/mol. The van der Waals surface area contributed by atoms with E-state index in [0.717, 1.165) is 31.2 Å². The molecule has 0 spiro atoms. The van der Waals surface area contributed by atoms with Crippen molar-refractivity contribution in [3.05, 3.63) is 20.9 Å². The average Bonchev–Trinajstić information content (AvgIpc) is 2.77. The Labute approximate surface area is 121 Å². The van der Waals surface area contributed by atoms with Crippen LogP contribution in [0.25, 0.3) is 0 Å². The summed E-state index contributed by atoms with van der Waals surface area (Å²) in [4.78, 5) is 21.6. The maximum atomic E-state index is 11.1. The number of carboxylic acids is 1. The van der Waals surface area contributed by atoms with E-state index in [1.54, 1.807) is 0 Å². The molecule has 1 aliphatic rings. The van der Waals surface area contributed by atoms with Crippen LogP contribution in [0.5, 0.6) is 0 Å². The van der Waals surface area contributed by atoms with Crippen molar-refractivity contribution in [1.82, 2.24) is 0 Å². The number of nitrogens with two attached hydrogens (primary N) is 1. The van der Waals surface area contributed by atoms with Gasteiger partial charge in [-0.25, -0.2) is 4.79 Å². The second-order valence-electron chi connectivity index (χ2n) is 4.19. The predicted molar refractivity (Wildman–Crippen MR) is 67.9 cm³/mol. The molecule has 1 aromatic rings. The van der Waals surface area contributed by atoms with E-state index in [0.29, 0.717) is 10.4 Å². The molecule has 1 aromatic heterocycles. The molecule has 3 N–H and O–H groups in total. The zero-order valence-corrected chi connectivity index (χ0v) is 11.5. The second-order valence-corrected chi connectivity index (χ2v) is 5.30. The summed E-state index contributed by atoms with van der Waals surface area (Å²) in [5.74, 6) is -3.23. The standard InChI is InChI=1S/C10H10N2OS.C2HF3O2/c11-5-7-6-3-1-2-4-8(6)14-9(7)10(12)13;3-2(4,5)1(6)7/h1-4H2,(H2,12,13);(H,6,7). The highest BCUT2D eigenvalue weighted by atomic mass is 32.1. The second kappa shape index (κ2) is 6.58. The highest BCUT2D eigenvalue weighted by molar-refractivity contribution is 7.14. The molecule has 0 fully saturated rings. The Morgan fingerprint density at radius 2 is 1.81 bits per heavy atom. The summed E-state index contributed by atoms with van der Waals surface area (Å²) in [6, 6.07) is 2.09. The summed E-state index contributed by atoms with van der Waals surface area (Å²) in [7, 11) is 0. The van der Waals surface area contributed by atoms with Crippen molar-refractivity contribution in [2.45, 2.75) is 31.9 Å². The Morgan fingerprint density at radius 1 is 1.29 bits per heavy atom. The van der Waals surface area contributed by atoms with Crippen molar-refractivity contribution in [2.24, 2.45) is 5.73 Å². The minimum absolute atomic E-state index is 0.444. The van der Waals surface area contributed by atoms with Crippen molar-refractivity contribution in [3.8, 4) is 6.07 Å². The normalized spacial score (nSPS) is 13.4. The number of aryl methyl sites for hydroxylation is 1. The van der Waals surface area contributed by atoms with Crippen molar-refractivity contribution in [3.63, 3.8) is 0 Å². The number of amides is 1.